The van der Waals surface area contributed by atoms with Crippen LogP contribution in [0.1, 0.15) is 15.4 Å². The molecule has 0 fully saturated rings. The molecule has 1 heterocycles. The number of hydrogen-bond donors (Lipinski definition) is 2. The number of hydrogen-bond acceptors (Lipinski definition) is 5. The Morgan fingerprint density at radius 2 is 2.00 bits per heavy atom. The molecule has 0 saturated heterocycles. The summed E-state index contributed by atoms with van der Waals surface area (Å²) in [6.07, 6.45) is 0. The normalized spacial score (nSPS) is 10.1. The number of methoxy groups -OCH3 is 1. The van der Waals surface area contributed by atoms with Gasteiger partial charge in [-0.05, 0) is 19.1 Å². The second-order valence-corrected chi connectivity index (χ2v) is 5.94. The molecule has 23 heavy (non-hydrogen) atoms. The lowest BCUT2D eigenvalue weighted by molar-refractivity contribution is 0.0831. The number of carbonyl (C=O) groups is 2. The van der Waals surface area contributed by atoms with Crippen LogP contribution in [-0.2, 0) is 0 Å². The van der Waals surface area contributed by atoms with Crippen LogP contribution in [0.4, 0.5) is 15.6 Å². The summed E-state index contributed by atoms with van der Waals surface area (Å²) in [5.41, 5.74) is 1.19. The van der Waals surface area contributed by atoms with Crippen LogP contribution in [0.15, 0.2) is 24.3 Å². The molecule has 2 N–H and O–H groups in total. The summed E-state index contributed by atoms with van der Waals surface area (Å²) in [6.45, 7) is 1.73. The van der Waals surface area contributed by atoms with Gasteiger partial charge in [-0.15, -0.1) is 0 Å². The number of ether oxygens (including phenoxy) is 1. The molecule has 0 radical (unpaired) electrons. The summed E-state index contributed by atoms with van der Waals surface area (Å²) in [4.78, 5) is 30.2. The molecule has 0 bridgehead atoms. The van der Waals surface area contributed by atoms with Crippen LogP contribution in [0.2, 0.25) is 0 Å². The molecule has 2 aromatic rings. The standard InChI is InChI=1S/C15H18N4O3S/c1-9-12(13(20)19(2)3)23-15(16-9)18-14(21)17-10-6-5-7-11(8-10)22-4/h5-8H,1-4H3,(H2,16,17,18,21). The van der Waals surface area contributed by atoms with Crippen molar-refractivity contribution in [3.63, 3.8) is 0 Å². The fourth-order valence-corrected chi connectivity index (χ4v) is 2.79. The highest BCUT2D eigenvalue weighted by atomic mass is 32.1. The number of urea groups is 1. The Morgan fingerprint density at radius 3 is 2.65 bits per heavy atom. The van der Waals surface area contributed by atoms with Gasteiger partial charge in [0.15, 0.2) is 5.13 Å². The largest absolute Gasteiger partial charge is 0.497 e. The minimum atomic E-state index is -0.434. The average molecular weight is 334 g/mol. The first-order chi connectivity index (χ1) is 10.9. The first kappa shape index (κ1) is 16.8. The monoisotopic (exact) mass is 334 g/mol. The lowest BCUT2D eigenvalue weighted by Gasteiger charge is -2.08. The van der Waals surface area contributed by atoms with E-state index in [4.69, 9.17) is 4.74 Å². The van der Waals surface area contributed by atoms with Crippen LogP contribution in [0, 0.1) is 6.92 Å². The highest BCUT2D eigenvalue weighted by molar-refractivity contribution is 7.17. The highest BCUT2D eigenvalue weighted by Crippen LogP contribution is 2.24. The van der Waals surface area contributed by atoms with E-state index in [1.807, 2.05) is 0 Å². The summed E-state index contributed by atoms with van der Waals surface area (Å²) >= 11 is 1.14. The second-order valence-electron chi connectivity index (χ2n) is 4.94. The van der Waals surface area contributed by atoms with Gasteiger partial charge in [-0.1, -0.05) is 17.4 Å². The van der Waals surface area contributed by atoms with Gasteiger partial charge in [0.2, 0.25) is 0 Å². The molecule has 0 aliphatic rings. The molecule has 2 rings (SSSR count). The third kappa shape index (κ3) is 4.19. The molecule has 1 aromatic carbocycles. The number of aryl methyl sites for hydroxylation is 1. The molecule has 0 spiro atoms. The number of amides is 3. The van der Waals surface area contributed by atoms with Gasteiger partial charge < -0.3 is 15.0 Å². The molecule has 3 amide bonds. The van der Waals surface area contributed by atoms with Crippen LogP contribution in [0.5, 0.6) is 5.75 Å². The molecule has 0 unspecified atom stereocenters. The van der Waals surface area contributed by atoms with Crippen LogP contribution < -0.4 is 15.4 Å². The molecule has 0 atom stereocenters. The molecule has 0 aliphatic heterocycles. The summed E-state index contributed by atoms with van der Waals surface area (Å²) in [5, 5.41) is 5.68. The Hall–Kier alpha value is -2.61. The Labute approximate surface area is 138 Å². The third-order valence-electron chi connectivity index (χ3n) is 2.95. The van der Waals surface area contributed by atoms with Crippen molar-refractivity contribution in [2.24, 2.45) is 0 Å². The molecular formula is C15H18N4O3S. The number of aromatic nitrogens is 1. The summed E-state index contributed by atoms with van der Waals surface area (Å²) in [6, 6.07) is 6.57. The van der Waals surface area contributed by atoms with Gasteiger partial charge in [0, 0.05) is 25.8 Å². The van der Waals surface area contributed by atoms with Crippen LogP contribution >= 0.6 is 11.3 Å². The third-order valence-corrected chi connectivity index (χ3v) is 4.01. The van der Waals surface area contributed by atoms with Gasteiger partial charge in [0.05, 0.1) is 12.8 Å². The quantitative estimate of drug-likeness (QED) is 0.900. The molecule has 0 aliphatic carbocycles. The van der Waals surface area contributed by atoms with Crippen molar-refractivity contribution in [3.05, 3.63) is 34.8 Å². The number of carbonyl (C=O) groups excluding carboxylic acids is 2. The van der Waals surface area contributed by atoms with E-state index in [-0.39, 0.29) is 5.91 Å². The van der Waals surface area contributed by atoms with Gasteiger partial charge >= 0.3 is 6.03 Å². The van der Waals surface area contributed by atoms with Crippen molar-refractivity contribution in [3.8, 4) is 5.75 Å². The summed E-state index contributed by atoms with van der Waals surface area (Å²) in [7, 11) is 4.90. The topological polar surface area (TPSA) is 83.6 Å². The minimum Gasteiger partial charge on any atom is -0.497 e. The van der Waals surface area contributed by atoms with Gasteiger partial charge in [0.25, 0.3) is 5.91 Å². The van der Waals surface area contributed by atoms with E-state index < -0.39 is 6.03 Å². The Kier molecular flexibility index (Phi) is 5.17. The van der Waals surface area contributed by atoms with Gasteiger partial charge in [-0.2, -0.15) is 0 Å². The fourth-order valence-electron chi connectivity index (χ4n) is 1.81. The van der Waals surface area contributed by atoms with E-state index in [9.17, 15) is 9.59 Å². The summed E-state index contributed by atoms with van der Waals surface area (Å²) < 4.78 is 5.10. The Balaban J connectivity index is 2.05. The maximum absolute atomic E-state index is 12.0. The van der Waals surface area contributed by atoms with Gasteiger partial charge in [-0.25, -0.2) is 9.78 Å². The molecule has 1 aromatic heterocycles. The highest BCUT2D eigenvalue weighted by Gasteiger charge is 2.17. The van der Waals surface area contributed by atoms with Crippen molar-refractivity contribution in [1.82, 2.24) is 9.88 Å². The van der Waals surface area contributed by atoms with E-state index in [1.54, 1.807) is 52.4 Å². The van der Waals surface area contributed by atoms with Crippen molar-refractivity contribution in [2.75, 3.05) is 31.8 Å². The molecule has 8 heteroatoms. The Morgan fingerprint density at radius 1 is 1.26 bits per heavy atom. The number of benzene rings is 1. The van der Waals surface area contributed by atoms with Crippen LogP contribution in [0.25, 0.3) is 0 Å². The number of thiazole rings is 1. The second kappa shape index (κ2) is 7.10. The smallest absolute Gasteiger partial charge is 0.325 e. The minimum absolute atomic E-state index is 0.138. The SMILES string of the molecule is COc1cccc(NC(=O)Nc2nc(C)c(C(=O)N(C)C)s2)c1. The zero-order valence-electron chi connectivity index (χ0n) is 13.3. The summed E-state index contributed by atoms with van der Waals surface area (Å²) in [5.74, 6) is 0.507. The van der Waals surface area contributed by atoms with Crippen LogP contribution in [0.3, 0.4) is 0 Å². The zero-order chi connectivity index (χ0) is 17.0. The predicted octanol–water partition coefficient (Wildman–Crippen LogP) is 2.81. The first-order valence-corrected chi connectivity index (χ1v) is 7.63. The zero-order valence-corrected chi connectivity index (χ0v) is 14.2. The van der Waals surface area contributed by atoms with Crippen LogP contribution in [-0.4, -0.2) is 43.0 Å². The fraction of sp³-hybridized carbons (Fsp3) is 0.267. The molecular weight excluding hydrogens is 316 g/mol. The average Bonchev–Trinajstić information content (AvgIpc) is 2.86. The number of nitrogens with one attached hydrogen (secondary N) is 2. The number of nitrogens with zero attached hydrogens (tertiary/aromatic N) is 2. The van der Waals surface area contributed by atoms with Crippen molar-refractivity contribution in [2.45, 2.75) is 6.92 Å². The van der Waals surface area contributed by atoms with Gasteiger partial charge in [-0.3, -0.25) is 10.1 Å². The van der Waals surface area contributed by atoms with E-state index in [0.717, 1.165) is 11.3 Å². The van der Waals surface area contributed by atoms with E-state index in [2.05, 4.69) is 15.6 Å². The molecule has 122 valence electrons. The van der Waals surface area contributed by atoms with Crippen molar-refractivity contribution < 1.29 is 14.3 Å². The Bertz CT molecular complexity index is 727. The van der Waals surface area contributed by atoms with Crippen molar-refractivity contribution >= 4 is 34.1 Å². The van der Waals surface area contributed by atoms with Gasteiger partial charge in [0.1, 0.15) is 10.6 Å². The van der Waals surface area contributed by atoms with E-state index in [1.165, 1.54) is 4.90 Å². The maximum Gasteiger partial charge on any atom is 0.325 e. The van der Waals surface area contributed by atoms with Crippen molar-refractivity contribution in [1.29, 1.82) is 0 Å². The van der Waals surface area contributed by atoms with E-state index >= 15 is 0 Å². The number of anilines is 2. The van der Waals surface area contributed by atoms with E-state index in [0.29, 0.717) is 27.1 Å². The lowest BCUT2D eigenvalue weighted by Crippen LogP contribution is -2.21. The molecule has 7 nitrogen and oxygen atoms in total. The maximum atomic E-state index is 12.0. The number of rotatable bonds is 4. The lowest BCUT2D eigenvalue weighted by atomic mass is 10.3. The predicted molar refractivity (Wildman–Crippen MR) is 90.5 cm³/mol. The first-order valence-electron chi connectivity index (χ1n) is 6.82. The molecule has 0 saturated carbocycles.